The lowest BCUT2D eigenvalue weighted by atomic mass is 10.2. The maximum atomic E-state index is 11.1. The second-order valence-corrected chi connectivity index (χ2v) is 2.48. The fourth-order valence-corrected chi connectivity index (χ4v) is 0.953. The molecule has 0 aromatic carbocycles. The molecule has 0 aliphatic heterocycles. The normalized spacial score (nSPS) is 9.00. The van der Waals surface area contributed by atoms with Crippen molar-refractivity contribution < 1.29 is 4.79 Å². The van der Waals surface area contributed by atoms with Crippen LogP contribution in [0, 0.1) is 11.3 Å². The molecule has 1 aromatic rings. The zero-order valence-electron chi connectivity index (χ0n) is 5.99. The zero-order chi connectivity index (χ0) is 8.97. The number of carbonyl (C=O) groups excluding carboxylic acids is 1. The third-order valence-electron chi connectivity index (χ3n) is 1.19. The summed E-state index contributed by atoms with van der Waals surface area (Å²) in [4.78, 5) is 18.5. The van der Waals surface area contributed by atoms with Crippen LogP contribution in [0.1, 0.15) is 16.2 Å². The minimum Gasteiger partial charge on any atom is -0.291 e. The van der Waals surface area contributed by atoms with Gasteiger partial charge in [0.25, 0.3) is 0 Å². The monoisotopic (exact) mass is 225 g/mol. The fourth-order valence-electron chi connectivity index (χ4n) is 0.687. The SMILES string of the molecule is N#Cc1nccnc1C(=O)CBr. The molecule has 0 unspecified atom stereocenters. The molecule has 0 N–H and O–H groups in total. The second-order valence-electron chi connectivity index (χ2n) is 1.92. The Morgan fingerprint density at radius 1 is 1.58 bits per heavy atom. The first-order valence-electron chi connectivity index (χ1n) is 3.10. The molecule has 0 saturated carbocycles. The van der Waals surface area contributed by atoms with E-state index in [1.54, 1.807) is 6.07 Å². The van der Waals surface area contributed by atoms with E-state index in [1.165, 1.54) is 12.4 Å². The van der Waals surface area contributed by atoms with Crippen molar-refractivity contribution in [2.24, 2.45) is 0 Å². The summed E-state index contributed by atoms with van der Waals surface area (Å²) in [5.74, 6) is -0.236. The number of nitriles is 1. The molecule has 0 atom stereocenters. The van der Waals surface area contributed by atoms with Crippen molar-refractivity contribution in [1.82, 2.24) is 9.97 Å². The number of halogens is 1. The van der Waals surface area contributed by atoms with Crippen LogP contribution in [0.25, 0.3) is 0 Å². The maximum absolute atomic E-state index is 11.1. The Kier molecular flexibility index (Phi) is 2.88. The largest absolute Gasteiger partial charge is 0.291 e. The van der Waals surface area contributed by atoms with Gasteiger partial charge in [-0.2, -0.15) is 5.26 Å². The molecule has 4 nitrogen and oxygen atoms in total. The highest BCUT2D eigenvalue weighted by molar-refractivity contribution is 9.09. The lowest BCUT2D eigenvalue weighted by Crippen LogP contribution is -2.07. The van der Waals surface area contributed by atoms with E-state index in [1.807, 2.05) is 0 Å². The van der Waals surface area contributed by atoms with Crippen molar-refractivity contribution in [3.8, 4) is 6.07 Å². The van der Waals surface area contributed by atoms with Gasteiger partial charge in [-0.3, -0.25) is 4.79 Å². The van der Waals surface area contributed by atoms with Crippen LogP contribution < -0.4 is 0 Å². The van der Waals surface area contributed by atoms with Crippen LogP contribution in [0.3, 0.4) is 0 Å². The number of aromatic nitrogens is 2. The molecule has 1 heterocycles. The van der Waals surface area contributed by atoms with Crippen LogP contribution in [0.4, 0.5) is 0 Å². The quantitative estimate of drug-likeness (QED) is 0.555. The molecule has 0 aliphatic carbocycles. The molecule has 12 heavy (non-hydrogen) atoms. The van der Waals surface area contributed by atoms with Crippen LogP contribution in [0.15, 0.2) is 12.4 Å². The second kappa shape index (κ2) is 3.93. The van der Waals surface area contributed by atoms with E-state index in [9.17, 15) is 4.79 Å². The van der Waals surface area contributed by atoms with Crippen LogP contribution in [0.2, 0.25) is 0 Å². The highest BCUT2D eigenvalue weighted by Crippen LogP contribution is 2.02. The summed E-state index contributed by atoms with van der Waals surface area (Å²) in [5, 5.41) is 8.70. The molecule has 0 saturated heterocycles. The minimum atomic E-state index is -0.236. The van der Waals surface area contributed by atoms with Gasteiger partial charge >= 0.3 is 0 Å². The Morgan fingerprint density at radius 2 is 2.25 bits per heavy atom. The average molecular weight is 226 g/mol. The Balaban J connectivity index is 3.16. The zero-order valence-corrected chi connectivity index (χ0v) is 7.58. The molecule has 0 amide bonds. The molecule has 1 aromatic heterocycles. The van der Waals surface area contributed by atoms with Gasteiger partial charge in [-0.15, -0.1) is 0 Å². The number of hydrogen-bond acceptors (Lipinski definition) is 4. The number of nitrogens with zero attached hydrogens (tertiary/aromatic N) is 3. The molecular weight excluding hydrogens is 222 g/mol. The highest BCUT2D eigenvalue weighted by atomic mass is 79.9. The van der Waals surface area contributed by atoms with E-state index in [0.717, 1.165) is 0 Å². The lowest BCUT2D eigenvalue weighted by Gasteiger charge is -1.95. The number of carbonyl (C=O) groups is 1. The predicted octanol–water partition coefficient (Wildman–Crippen LogP) is 0.926. The molecule has 0 spiro atoms. The van der Waals surface area contributed by atoms with Crippen molar-refractivity contribution in [1.29, 1.82) is 5.26 Å². The van der Waals surface area contributed by atoms with Gasteiger partial charge in [-0.05, 0) is 0 Å². The molecule has 0 bridgehead atoms. The third-order valence-corrected chi connectivity index (χ3v) is 1.70. The van der Waals surface area contributed by atoms with Crippen LogP contribution in [-0.4, -0.2) is 21.1 Å². The van der Waals surface area contributed by atoms with Gasteiger partial charge in [0.15, 0.2) is 11.5 Å². The van der Waals surface area contributed by atoms with Gasteiger partial charge < -0.3 is 0 Å². The van der Waals surface area contributed by atoms with Crippen molar-refractivity contribution in [2.75, 3.05) is 5.33 Å². The van der Waals surface area contributed by atoms with Gasteiger partial charge in [-0.1, -0.05) is 15.9 Å². The fraction of sp³-hybridized carbons (Fsp3) is 0.143. The summed E-state index contributed by atoms with van der Waals surface area (Å²) in [5.41, 5.74) is 0.193. The van der Waals surface area contributed by atoms with Gasteiger partial charge in [0.2, 0.25) is 0 Å². The summed E-state index contributed by atoms with van der Waals surface area (Å²) in [6.07, 6.45) is 2.76. The average Bonchev–Trinajstić information content (AvgIpc) is 2.16. The number of Topliss-reactive ketones (excluding diaryl/α,β-unsaturated/α-hetero) is 1. The Bertz CT molecular complexity index is 345. The van der Waals surface area contributed by atoms with Crippen LogP contribution in [0.5, 0.6) is 0 Å². The predicted molar refractivity (Wildman–Crippen MR) is 44.9 cm³/mol. The first kappa shape index (κ1) is 8.81. The molecular formula is C7H4BrN3O. The maximum Gasteiger partial charge on any atom is 0.194 e. The van der Waals surface area contributed by atoms with E-state index in [0.29, 0.717) is 0 Å². The molecule has 0 fully saturated rings. The highest BCUT2D eigenvalue weighted by Gasteiger charge is 2.11. The number of rotatable bonds is 2. The van der Waals surface area contributed by atoms with Gasteiger partial charge in [0.1, 0.15) is 11.8 Å². The van der Waals surface area contributed by atoms with Crippen LogP contribution >= 0.6 is 15.9 Å². The van der Waals surface area contributed by atoms with E-state index in [4.69, 9.17) is 5.26 Å². The smallest absolute Gasteiger partial charge is 0.194 e. The van der Waals surface area contributed by atoms with E-state index >= 15 is 0 Å². The molecule has 1 rings (SSSR count). The molecule has 0 radical (unpaired) electrons. The van der Waals surface area contributed by atoms with Gasteiger partial charge in [0.05, 0.1) is 5.33 Å². The summed E-state index contributed by atoms with van der Waals surface area (Å²) in [7, 11) is 0. The third kappa shape index (κ3) is 1.66. The lowest BCUT2D eigenvalue weighted by molar-refractivity contribution is 0.101. The van der Waals surface area contributed by atoms with Crippen molar-refractivity contribution in [3.05, 3.63) is 23.8 Å². The van der Waals surface area contributed by atoms with Gasteiger partial charge in [-0.25, -0.2) is 9.97 Å². The Labute approximate surface area is 77.4 Å². The topological polar surface area (TPSA) is 66.6 Å². The number of hydrogen-bond donors (Lipinski definition) is 0. The Morgan fingerprint density at radius 3 is 2.83 bits per heavy atom. The van der Waals surface area contributed by atoms with Crippen LogP contribution in [-0.2, 0) is 0 Å². The van der Waals surface area contributed by atoms with Crippen molar-refractivity contribution in [2.45, 2.75) is 0 Å². The Hall–Kier alpha value is -1.28. The molecule has 5 heteroatoms. The van der Waals surface area contributed by atoms with E-state index in [-0.39, 0.29) is 22.5 Å². The molecule has 60 valence electrons. The number of ketones is 1. The van der Waals surface area contributed by atoms with Crippen molar-refractivity contribution >= 4 is 21.7 Å². The summed E-state index contributed by atoms with van der Waals surface area (Å²) in [6.45, 7) is 0. The van der Waals surface area contributed by atoms with E-state index in [2.05, 4.69) is 25.9 Å². The summed E-state index contributed by atoms with van der Waals surface area (Å²) in [6, 6.07) is 1.80. The first-order chi connectivity index (χ1) is 5.79. The summed E-state index contributed by atoms with van der Waals surface area (Å²) >= 11 is 2.99. The van der Waals surface area contributed by atoms with Gasteiger partial charge in [0, 0.05) is 12.4 Å². The standard InChI is InChI=1S/C7H4BrN3O/c8-3-6(12)7-5(4-9)10-1-2-11-7/h1-2H,3H2. The van der Waals surface area contributed by atoms with Crippen molar-refractivity contribution in [3.63, 3.8) is 0 Å². The minimum absolute atomic E-state index is 0.0713. The molecule has 0 aliphatic rings. The summed E-state index contributed by atoms with van der Waals surface area (Å²) < 4.78 is 0. The number of alkyl halides is 1. The first-order valence-corrected chi connectivity index (χ1v) is 4.22. The van der Waals surface area contributed by atoms with E-state index < -0.39 is 0 Å².